The maximum absolute atomic E-state index is 11.9. The normalized spacial score (nSPS) is 10.0. The number of pyridine rings is 1. The standard InChI is InChI=1S/C12H12BrN5O/c1-2-14-10-4-3-8(5-16-10)12(19)18-11-7-15-9(13)6-17-11/h3-7H,2H2,1H3,(H,14,16)(H,17,18,19). The maximum Gasteiger partial charge on any atom is 0.258 e. The van der Waals surface area contributed by atoms with Crippen LogP contribution in [-0.2, 0) is 0 Å². The third kappa shape index (κ3) is 3.72. The summed E-state index contributed by atoms with van der Waals surface area (Å²) < 4.78 is 0.613. The molecule has 0 unspecified atom stereocenters. The number of nitrogens with one attached hydrogen (secondary N) is 2. The third-order valence-corrected chi connectivity index (χ3v) is 2.65. The molecule has 98 valence electrons. The summed E-state index contributed by atoms with van der Waals surface area (Å²) in [6.45, 7) is 2.77. The zero-order valence-corrected chi connectivity index (χ0v) is 11.8. The number of aromatic nitrogens is 3. The minimum atomic E-state index is -0.271. The van der Waals surface area contributed by atoms with Crippen LogP contribution in [0.4, 0.5) is 11.6 Å². The Labute approximate surface area is 118 Å². The van der Waals surface area contributed by atoms with Crippen LogP contribution in [0.5, 0.6) is 0 Å². The van der Waals surface area contributed by atoms with Crippen LogP contribution in [-0.4, -0.2) is 27.4 Å². The quantitative estimate of drug-likeness (QED) is 0.903. The average Bonchev–Trinajstić information content (AvgIpc) is 2.42. The van der Waals surface area contributed by atoms with Crippen LogP contribution < -0.4 is 10.6 Å². The molecule has 0 radical (unpaired) electrons. The fourth-order valence-corrected chi connectivity index (χ4v) is 1.58. The lowest BCUT2D eigenvalue weighted by atomic mass is 10.2. The van der Waals surface area contributed by atoms with E-state index in [0.717, 1.165) is 12.4 Å². The molecule has 0 spiro atoms. The summed E-state index contributed by atoms with van der Waals surface area (Å²) in [5.74, 6) is 0.860. The lowest BCUT2D eigenvalue weighted by Crippen LogP contribution is -2.13. The number of anilines is 2. The molecule has 2 rings (SSSR count). The van der Waals surface area contributed by atoms with Crippen molar-refractivity contribution >= 4 is 33.5 Å². The molecule has 2 aromatic heterocycles. The van der Waals surface area contributed by atoms with Crippen molar-refractivity contribution in [2.24, 2.45) is 0 Å². The van der Waals surface area contributed by atoms with E-state index in [-0.39, 0.29) is 5.91 Å². The molecular formula is C12H12BrN5O. The minimum Gasteiger partial charge on any atom is -0.370 e. The molecule has 0 aliphatic heterocycles. The summed E-state index contributed by atoms with van der Waals surface area (Å²) in [5.41, 5.74) is 0.464. The van der Waals surface area contributed by atoms with E-state index in [2.05, 4.69) is 41.5 Å². The Hall–Kier alpha value is -2.02. The highest BCUT2D eigenvalue weighted by molar-refractivity contribution is 9.10. The van der Waals surface area contributed by atoms with Crippen molar-refractivity contribution in [1.82, 2.24) is 15.0 Å². The molecule has 7 heteroatoms. The van der Waals surface area contributed by atoms with Crippen molar-refractivity contribution in [3.63, 3.8) is 0 Å². The number of carbonyl (C=O) groups is 1. The van der Waals surface area contributed by atoms with Gasteiger partial charge in [-0.3, -0.25) is 4.79 Å². The number of nitrogens with zero attached hydrogens (tertiary/aromatic N) is 3. The Morgan fingerprint density at radius 3 is 2.53 bits per heavy atom. The van der Waals surface area contributed by atoms with Crippen LogP contribution >= 0.6 is 15.9 Å². The Kier molecular flexibility index (Phi) is 4.40. The van der Waals surface area contributed by atoms with Gasteiger partial charge in [-0.2, -0.15) is 0 Å². The number of rotatable bonds is 4. The number of hydrogen-bond donors (Lipinski definition) is 2. The highest BCUT2D eigenvalue weighted by atomic mass is 79.9. The fraction of sp³-hybridized carbons (Fsp3) is 0.167. The largest absolute Gasteiger partial charge is 0.370 e. The molecule has 0 aliphatic rings. The number of amides is 1. The molecule has 6 nitrogen and oxygen atoms in total. The molecule has 0 aromatic carbocycles. The Morgan fingerprint density at radius 2 is 1.95 bits per heavy atom. The molecule has 0 saturated heterocycles. The van der Waals surface area contributed by atoms with Crippen LogP contribution in [0.1, 0.15) is 17.3 Å². The van der Waals surface area contributed by atoms with E-state index in [1.807, 2.05) is 6.92 Å². The highest BCUT2D eigenvalue weighted by Crippen LogP contribution is 2.09. The average molecular weight is 322 g/mol. The molecule has 0 saturated carbocycles. The molecule has 2 aromatic rings. The first kappa shape index (κ1) is 13.4. The first-order valence-electron chi connectivity index (χ1n) is 5.68. The van der Waals surface area contributed by atoms with Crippen molar-refractivity contribution < 1.29 is 4.79 Å². The van der Waals surface area contributed by atoms with Gasteiger partial charge in [0.25, 0.3) is 5.91 Å². The van der Waals surface area contributed by atoms with E-state index in [1.54, 1.807) is 12.1 Å². The highest BCUT2D eigenvalue weighted by Gasteiger charge is 2.07. The molecule has 19 heavy (non-hydrogen) atoms. The van der Waals surface area contributed by atoms with E-state index < -0.39 is 0 Å². The van der Waals surface area contributed by atoms with E-state index in [0.29, 0.717) is 16.0 Å². The van der Waals surface area contributed by atoms with Crippen molar-refractivity contribution in [3.05, 3.63) is 40.9 Å². The van der Waals surface area contributed by atoms with Crippen LogP contribution in [0.2, 0.25) is 0 Å². The van der Waals surface area contributed by atoms with E-state index in [9.17, 15) is 4.79 Å². The summed E-state index contributed by atoms with van der Waals surface area (Å²) in [4.78, 5) is 24.0. The predicted octanol–water partition coefficient (Wildman–Crippen LogP) is 2.32. The lowest BCUT2D eigenvalue weighted by molar-refractivity contribution is 0.102. The topological polar surface area (TPSA) is 79.8 Å². The smallest absolute Gasteiger partial charge is 0.258 e. The Balaban J connectivity index is 2.05. The molecular weight excluding hydrogens is 310 g/mol. The van der Waals surface area contributed by atoms with Gasteiger partial charge < -0.3 is 10.6 Å². The van der Waals surface area contributed by atoms with Crippen LogP contribution in [0.25, 0.3) is 0 Å². The van der Waals surface area contributed by atoms with Gasteiger partial charge in [-0.05, 0) is 35.0 Å². The van der Waals surface area contributed by atoms with Gasteiger partial charge >= 0.3 is 0 Å². The molecule has 0 bridgehead atoms. The Morgan fingerprint density at radius 1 is 1.16 bits per heavy atom. The SMILES string of the molecule is CCNc1ccc(C(=O)Nc2cnc(Br)cn2)cn1. The minimum absolute atomic E-state index is 0.271. The maximum atomic E-state index is 11.9. The first-order valence-corrected chi connectivity index (χ1v) is 6.47. The van der Waals surface area contributed by atoms with Gasteiger partial charge in [0.05, 0.1) is 18.0 Å². The van der Waals surface area contributed by atoms with Crippen LogP contribution in [0.3, 0.4) is 0 Å². The van der Waals surface area contributed by atoms with Crippen molar-refractivity contribution in [2.75, 3.05) is 17.2 Å². The summed E-state index contributed by atoms with van der Waals surface area (Å²) in [5, 5.41) is 5.70. The Bertz CT molecular complexity index is 555. The second-order valence-corrected chi connectivity index (χ2v) is 4.45. The monoisotopic (exact) mass is 321 g/mol. The first-order chi connectivity index (χ1) is 9.19. The lowest BCUT2D eigenvalue weighted by Gasteiger charge is -2.05. The second kappa shape index (κ2) is 6.24. The molecule has 2 heterocycles. The van der Waals surface area contributed by atoms with Gasteiger partial charge in [0.15, 0.2) is 5.82 Å². The summed E-state index contributed by atoms with van der Waals surface area (Å²) in [7, 11) is 0. The van der Waals surface area contributed by atoms with Crippen molar-refractivity contribution in [1.29, 1.82) is 0 Å². The summed E-state index contributed by atoms with van der Waals surface area (Å²) >= 11 is 3.18. The van der Waals surface area contributed by atoms with Crippen molar-refractivity contribution in [2.45, 2.75) is 6.92 Å². The van der Waals surface area contributed by atoms with Gasteiger partial charge in [0, 0.05) is 12.7 Å². The van der Waals surface area contributed by atoms with Gasteiger partial charge in [0.1, 0.15) is 10.4 Å². The molecule has 0 aliphatic carbocycles. The molecule has 0 fully saturated rings. The van der Waals surface area contributed by atoms with Crippen LogP contribution in [0, 0.1) is 0 Å². The molecule has 1 amide bonds. The van der Waals surface area contributed by atoms with E-state index in [1.165, 1.54) is 18.6 Å². The van der Waals surface area contributed by atoms with Crippen molar-refractivity contribution in [3.8, 4) is 0 Å². The zero-order chi connectivity index (χ0) is 13.7. The predicted molar refractivity (Wildman–Crippen MR) is 76.1 cm³/mol. The summed E-state index contributed by atoms with van der Waals surface area (Å²) in [6.07, 6.45) is 4.50. The third-order valence-electron chi connectivity index (χ3n) is 2.25. The number of hydrogen-bond acceptors (Lipinski definition) is 5. The number of carbonyl (C=O) groups excluding carboxylic acids is 1. The van der Waals surface area contributed by atoms with Gasteiger partial charge in [-0.15, -0.1) is 0 Å². The molecule has 2 N–H and O–H groups in total. The fourth-order valence-electron chi connectivity index (χ4n) is 1.38. The van der Waals surface area contributed by atoms with Gasteiger partial charge in [-0.25, -0.2) is 15.0 Å². The zero-order valence-electron chi connectivity index (χ0n) is 10.2. The van der Waals surface area contributed by atoms with Crippen LogP contribution in [0.15, 0.2) is 35.3 Å². The second-order valence-electron chi connectivity index (χ2n) is 3.64. The van der Waals surface area contributed by atoms with E-state index >= 15 is 0 Å². The van der Waals surface area contributed by atoms with E-state index in [4.69, 9.17) is 0 Å². The van der Waals surface area contributed by atoms with Gasteiger partial charge in [0.2, 0.25) is 0 Å². The molecule has 0 atom stereocenters. The number of halogens is 1. The van der Waals surface area contributed by atoms with Gasteiger partial charge in [-0.1, -0.05) is 0 Å². The summed E-state index contributed by atoms with van der Waals surface area (Å²) in [6, 6.07) is 3.46.